The monoisotopic (exact) mass is 378 g/mol. The molecule has 0 N–H and O–H groups in total. The molecule has 2 aromatic carbocycles. The molecule has 2 aromatic rings. The smallest absolute Gasteiger partial charge is 0.184 e. The molecule has 0 aromatic heterocycles. The fourth-order valence-corrected chi connectivity index (χ4v) is 2.87. The van der Waals surface area contributed by atoms with Crippen LogP contribution in [0, 0.1) is 41.0 Å². The average Bonchev–Trinajstić information content (AvgIpc) is 2.64. The predicted octanol–water partition coefficient (Wildman–Crippen LogP) is 5.10. The Morgan fingerprint density at radius 3 is 2.15 bits per heavy atom. The topological polar surface area (TPSA) is 18.5 Å². The zero-order valence-corrected chi connectivity index (χ0v) is 14.7. The fraction of sp³-hybridized carbons (Fsp3) is 0.333. The number of hydrogen-bond acceptors (Lipinski definition) is 2. The highest BCUT2D eigenvalue weighted by atomic mass is 19.2. The molecule has 142 valence electrons. The Labute approximate surface area is 155 Å². The average molecular weight is 378 g/mol. The third kappa shape index (κ3) is 4.68. The van der Waals surface area contributed by atoms with Crippen LogP contribution in [-0.2, 0) is 9.47 Å². The molecule has 6 heteroatoms. The first kappa shape index (κ1) is 19.4. The van der Waals surface area contributed by atoms with Gasteiger partial charge in [-0.1, -0.05) is 25.2 Å². The van der Waals surface area contributed by atoms with Crippen molar-refractivity contribution in [2.45, 2.75) is 26.1 Å². The van der Waals surface area contributed by atoms with E-state index in [1.54, 1.807) is 0 Å². The number of halogens is 4. The summed E-state index contributed by atoms with van der Waals surface area (Å²) in [6, 6.07) is 5.22. The summed E-state index contributed by atoms with van der Waals surface area (Å²) in [7, 11) is 0. The molecule has 0 radical (unpaired) electrons. The second-order valence-electron chi connectivity index (χ2n) is 6.39. The predicted molar refractivity (Wildman–Crippen MR) is 91.7 cm³/mol. The van der Waals surface area contributed by atoms with Crippen molar-refractivity contribution in [1.82, 2.24) is 0 Å². The van der Waals surface area contributed by atoms with Crippen LogP contribution in [0.1, 0.15) is 42.7 Å². The van der Waals surface area contributed by atoms with Crippen molar-refractivity contribution in [3.8, 4) is 11.8 Å². The Balaban J connectivity index is 1.78. The first-order valence-electron chi connectivity index (χ1n) is 8.67. The quantitative estimate of drug-likeness (QED) is 0.546. The van der Waals surface area contributed by atoms with Crippen LogP contribution in [0.25, 0.3) is 0 Å². The second-order valence-corrected chi connectivity index (χ2v) is 6.39. The molecule has 1 heterocycles. The maximum Gasteiger partial charge on any atom is 0.184 e. The van der Waals surface area contributed by atoms with E-state index in [1.807, 2.05) is 0 Å². The molecular weight excluding hydrogens is 360 g/mol. The third-order valence-electron chi connectivity index (χ3n) is 4.25. The molecule has 2 nitrogen and oxygen atoms in total. The normalized spacial score (nSPS) is 19.4. The van der Waals surface area contributed by atoms with Gasteiger partial charge in [0.2, 0.25) is 0 Å². The van der Waals surface area contributed by atoms with Crippen molar-refractivity contribution >= 4 is 0 Å². The maximum atomic E-state index is 14.3. The summed E-state index contributed by atoms with van der Waals surface area (Å²) in [6.45, 7) is 3.01. The van der Waals surface area contributed by atoms with Gasteiger partial charge in [0.15, 0.2) is 17.9 Å². The lowest BCUT2D eigenvalue weighted by atomic mass is 10.0. The zero-order valence-electron chi connectivity index (χ0n) is 14.7. The van der Waals surface area contributed by atoms with Gasteiger partial charge in [-0.3, -0.25) is 0 Å². The lowest BCUT2D eigenvalue weighted by molar-refractivity contribution is -0.206. The summed E-state index contributed by atoms with van der Waals surface area (Å²) in [5.74, 6) is 1.20. The molecule has 0 spiro atoms. The SMILES string of the molecule is CCCC1COC(c2cc(F)c(C#Cc3ccc(F)c(F)c3)c(F)c2)OC1. The summed E-state index contributed by atoms with van der Waals surface area (Å²) in [4.78, 5) is 0. The van der Waals surface area contributed by atoms with Crippen molar-refractivity contribution in [3.63, 3.8) is 0 Å². The summed E-state index contributed by atoms with van der Waals surface area (Å²) in [6.07, 6.45) is 1.15. The van der Waals surface area contributed by atoms with E-state index < -0.39 is 35.1 Å². The van der Waals surface area contributed by atoms with Gasteiger partial charge in [0.05, 0.1) is 18.8 Å². The molecule has 0 atom stereocenters. The number of hydrogen-bond donors (Lipinski definition) is 0. The van der Waals surface area contributed by atoms with Gasteiger partial charge in [-0.25, -0.2) is 17.6 Å². The molecule has 0 aliphatic carbocycles. The van der Waals surface area contributed by atoms with Gasteiger partial charge in [0.25, 0.3) is 0 Å². The molecule has 0 saturated carbocycles. The van der Waals surface area contributed by atoms with Gasteiger partial charge >= 0.3 is 0 Å². The van der Waals surface area contributed by atoms with Crippen LogP contribution >= 0.6 is 0 Å². The van der Waals surface area contributed by atoms with Gasteiger partial charge in [-0.2, -0.15) is 0 Å². The van der Waals surface area contributed by atoms with E-state index >= 15 is 0 Å². The highest BCUT2D eigenvalue weighted by Gasteiger charge is 2.24. The highest BCUT2D eigenvalue weighted by molar-refractivity contribution is 5.45. The lowest BCUT2D eigenvalue weighted by Gasteiger charge is -2.29. The number of rotatable bonds is 3. The van der Waals surface area contributed by atoms with Crippen molar-refractivity contribution < 1.29 is 27.0 Å². The fourth-order valence-electron chi connectivity index (χ4n) is 2.87. The Hall–Kier alpha value is -2.36. The first-order valence-corrected chi connectivity index (χ1v) is 8.67. The van der Waals surface area contributed by atoms with Crippen LogP contribution in [0.4, 0.5) is 17.6 Å². The third-order valence-corrected chi connectivity index (χ3v) is 4.25. The van der Waals surface area contributed by atoms with Crippen LogP contribution in [0.5, 0.6) is 0 Å². The van der Waals surface area contributed by atoms with Crippen LogP contribution in [0.2, 0.25) is 0 Å². The van der Waals surface area contributed by atoms with Crippen LogP contribution in [0.3, 0.4) is 0 Å². The van der Waals surface area contributed by atoms with Crippen LogP contribution in [0.15, 0.2) is 30.3 Å². The molecule has 1 aliphatic rings. The molecular formula is C21H18F4O2. The largest absolute Gasteiger partial charge is 0.348 e. The van der Waals surface area contributed by atoms with Crippen molar-refractivity contribution in [2.75, 3.05) is 13.2 Å². The zero-order chi connectivity index (χ0) is 19.4. The molecule has 0 unspecified atom stereocenters. The van der Waals surface area contributed by atoms with Crippen molar-refractivity contribution in [3.05, 3.63) is 70.3 Å². The Morgan fingerprint density at radius 2 is 1.56 bits per heavy atom. The Kier molecular flexibility index (Phi) is 6.15. The van der Waals surface area contributed by atoms with Crippen LogP contribution < -0.4 is 0 Å². The minimum absolute atomic E-state index is 0.109. The molecule has 0 amide bonds. The summed E-state index contributed by atoms with van der Waals surface area (Å²) in [5, 5.41) is 0. The Bertz CT molecular complexity index is 854. The first-order chi connectivity index (χ1) is 13.0. The van der Waals surface area contributed by atoms with Gasteiger partial charge in [0.1, 0.15) is 11.6 Å². The lowest BCUT2D eigenvalue weighted by Crippen LogP contribution is -2.27. The van der Waals surface area contributed by atoms with E-state index in [0.717, 1.165) is 37.1 Å². The number of benzene rings is 2. The van der Waals surface area contributed by atoms with E-state index in [1.165, 1.54) is 6.07 Å². The summed E-state index contributed by atoms with van der Waals surface area (Å²) in [5.41, 5.74) is -0.112. The minimum Gasteiger partial charge on any atom is -0.348 e. The summed E-state index contributed by atoms with van der Waals surface area (Å²) >= 11 is 0. The van der Waals surface area contributed by atoms with E-state index in [9.17, 15) is 17.6 Å². The van der Waals surface area contributed by atoms with E-state index in [-0.39, 0.29) is 17.0 Å². The molecule has 1 fully saturated rings. The van der Waals surface area contributed by atoms with Crippen molar-refractivity contribution in [2.24, 2.45) is 5.92 Å². The molecule has 27 heavy (non-hydrogen) atoms. The highest BCUT2D eigenvalue weighted by Crippen LogP contribution is 2.29. The Morgan fingerprint density at radius 1 is 0.889 bits per heavy atom. The van der Waals surface area contributed by atoms with Gasteiger partial charge in [-0.05, 0) is 36.8 Å². The van der Waals surface area contributed by atoms with Gasteiger partial charge in [-0.15, -0.1) is 0 Å². The van der Waals surface area contributed by atoms with E-state index in [2.05, 4.69) is 18.8 Å². The van der Waals surface area contributed by atoms with Crippen molar-refractivity contribution in [1.29, 1.82) is 0 Å². The van der Waals surface area contributed by atoms with Gasteiger partial charge in [0, 0.05) is 17.0 Å². The second kappa shape index (κ2) is 8.55. The van der Waals surface area contributed by atoms with E-state index in [4.69, 9.17) is 9.47 Å². The maximum absolute atomic E-state index is 14.3. The minimum atomic E-state index is -1.08. The summed E-state index contributed by atoms with van der Waals surface area (Å²) < 4.78 is 65.9. The molecule has 3 rings (SSSR count). The van der Waals surface area contributed by atoms with E-state index in [0.29, 0.717) is 13.2 Å². The molecule has 0 bridgehead atoms. The number of ether oxygens (including phenoxy) is 2. The standard InChI is InChI=1S/C21H18F4O2/c1-2-3-14-11-26-21(27-12-14)15-9-18(23)16(19(24)10-15)6-4-13-5-7-17(22)20(25)8-13/h5,7-10,14,21H,2-3,11-12H2,1H3. The molecule has 1 aliphatic heterocycles. The van der Waals surface area contributed by atoms with Gasteiger partial charge < -0.3 is 9.47 Å². The van der Waals surface area contributed by atoms with Crippen LogP contribution in [-0.4, -0.2) is 13.2 Å². The molecule has 1 saturated heterocycles.